The molecule has 0 bridgehead atoms. The third-order valence-electron chi connectivity index (χ3n) is 5.06. The molecule has 4 nitrogen and oxygen atoms in total. The largest absolute Gasteiger partial charge is 0.393 e. The number of hydrogen-bond acceptors (Lipinski definition) is 4. The maximum Gasteiger partial charge on any atom is 0.145 e. The van der Waals surface area contributed by atoms with Gasteiger partial charge < -0.3 is 10.0 Å². The van der Waals surface area contributed by atoms with Crippen LogP contribution in [0.25, 0.3) is 0 Å². The number of anilines is 1. The summed E-state index contributed by atoms with van der Waals surface area (Å²) in [4.78, 5) is 6.85. The summed E-state index contributed by atoms with van der Waals surface area (Å²) in [7, 11) is 0. The van der Waals surface area contributed by atoms with E-state index in [-0.39, 0.29) is 6.10 Å². The second-order valence-electron chi connectivity index (χ2n) is 6.37. The molecule has 1 aromatic rings. The second kappa shape index (κ2) is 6.03. The number of rotatable bonds is 2. The molecular weight excluding hydrogens is 262 g/mol. The number of nitrogens with zero attached hydrogens (tertiary/aromatic N) is 3. The van der Waals surface area contributed by atoms with Gasteiger partial charge in [0.2, 0.25) is 0 Å². The highest BCUT2D eigenvalue weighted by Crippen LogP contribution is 2.36. The van der Waals surface area contributed by atoms with Crippen molar-refractivity contribution in [2.45, 2.75) is 57.6 Å². The van der Waals surface area contributed by atoms with Crippen molar-refractivity contribution in [3.63, 3.8) is 0 Å². The summed E-state index contributed by atoms with van der Waals surface area (Å²) in [5, 5.41) is 19.5. The van der Waals surface area contributed by atoms with Crippen molar-refractivity contribution in [1.82, 2.24) is 4.98 Å². The molecule has 0 unspecified atom stereocenters. The van der Waals surface area contributed by atoms with Gasteiger partial charge in [0.15, 0.2) is 0 Å². The number of aliphatic hydroxyl groups is 1. The Hall–Kier alpha value is -1.60. The molecule has 0 radical (unpaired) electrons. The molecule has 21 heavy (non-hydrogen) atoms. The van der Waals surface area contributed by atoms with E-state index in [1.165, 1.54) is 6.42 Å². The zero-order valence-electron chi connectivity index (χ0n) is 12.6. The van der Waals surface area contributed by atoms with Crippen LogP contribution in [-0.4, -0.2) is 28.8 Å². The van der Waals surface area contributed by atoms with Crippen molar-refractivity contribution in [2.24, 2.45) is 5.92 Å². The second-order valence-corrected chi connectivity index (χ2v) is 6.37. The highest BCUT2D eigenvalue weighted by atomic mass is 16.3. The lowest BCUT2D eigenvalue weighted by Gasteiger charge is -2.37. The Morgan fingerprint density at radius 3 is 2.81 bits per heavy atom. The number of aromatic nitrogens is 1. The normalized spacial score (nSPS) is 29.4. The first-order chi connectivity index (χ1) is 10.2. The van der Waals surface area contributed by atoms with Gasteiger partial charge in [0.1, 0.15) is 17.6 Å². The molecular formula is C17H23N3O. The number of aliphatic hydroxyl groups excluding tert-OH is 1. The first-order valence-electron chi connectivity index (χ1n) is 8.03. The Morgan fingerprint density at radius 1 is 1.24 bits per heavy atom. The third-order valence-corrected chi connectivity index (χ3v) is 5.06. The average Bonchev–Trinajstić information content (AvgIpc) is 2.97. The van der Waals surface area contributed by atoms with Crippen LogP contribution in [0.1, 0.15) is 49.8 Å². The van der Waals surface area contributed by atoms with Gasteiger partial charge in [-0.1, -0.05) is 18.9 Å². The van der Waals surface area contributed by atoms with Gasteiger partial charge in [-0.05, 0) is 44.2 Å². The average molecular weight is 285 g/mol. The molecule has 1 aromatic heterocycles. The molecule has 4 heteroatoms. The predicted octanol–water partition coefficient (Wildman–Crippen LogP) is 2.78. The van der Waals surface area contributed by atoms with Gasteiger partial charge in [0.25, 0.3) is 0 Å². The van der Waals surface area contributed by atoms with Crippen LogP contribution in [0.4, 0.5) is 5.82 Å². The van der Waals surface area contributed by atoms with Crippen molar-refractivity contribution in [1.29, 1.82) is 5.26 Å². The van der Waals surface area contributed by atoms with E-state index in [0.717, 1.165) is 50.0 Å². The topological polar surface area (TPSA) is 60.1 Å². The van der Waals surface area contributed by atoms with E-state index in [1.54, 1.807) is 0 Å². The molecule has 0 spiro atoms. The molecule has 2 heterocycles. The first kappa shape index (κ1) is 14.3. The van der Waals surface area contributed by atoms with Crippen molar-refractivity contribution >= 4 is 5.82 Å². The lowest BCUT2D eigenvalue weighted by molar-refractivity contribution is 0.0565. The SMILES string of the molecule is Cc1ccc(N2CCC[C@@H]2[C@@H]2CCCC[C@H]2O)nc1C#N. The fourth-order valence-electron chi connectivity index (χ4n) is 3.90. The van der Waals surface area contributed by atoms with Crippen molar-refractivity contribution in [2.75, 3.05) is 11.4 Å². The molecule has 3 rings (SSSR count). The third kappa shape index (κ3) is 2.75. The van der Waals surface area contributed by atoms with E-state index in [4.69, 9.17) is 0 Å². The molecule has 1 aliphatic carbocycles. The van der Waals surface area contributed by atoms with Crippen molar-refractivity contribution in [3.05, 3.63) is 23.4 Å². The van der Waals surface area contributed by atoms with E-state index in [1.807, 2.05) is 19.1 Å². The number of pyridine rings is 1. The van der Waals surface area contributed by atoms with E-state index in [2.05, 4.69) is 16.0 Å². The summed E-state index contributed by atoms with van der Waals surface area (Å²) in [6.07, 6.45) is 6.50. The van der Waals surface area contributed by atoms with E-state index < -0.39 is 0 Å². The van der Waals surface area contributed by atoms with Gasteiger partial charge in [-0.15, -0.1) is 0 Å². The van der Waals surface area contributed by atoms with Crippen LogP contribution in [-0.2, 0) is 0 Å². The molecule has 2 aliphatic rings. The Balaban J connectivity index is 1.85. The van der Waals surface area contributed by atoms with Gasteiger partial charge in [0, 0.05) is 18.5 Å². The minimum absolute atomic E-state index is 0.176. The number of nitriles is 1. The minimum Gasteiger partial charge on any atom is -0.393 e. The number of aryl methyl sites for hydroxylation is 1. The maximum atomic E-state index is 10.3. The fraction of sp³-hybridized carbons (Fsp3) is 0.647. The molecule has 112 valence electrons. The van der Waals surface area contributed by atoms with Crippen molar-refractivity contribution < 1.29 is 5.11 Å². The lowest BCUT2D eigenvalue weighted by atomic mass is 9.80. The summed E-state index contributed by atoms with van der Waals surface area (Å²) in [5.41, 5.74) is 1.44. The van der Waals surface area contributed by atoms with Crippen LogP contribution in [0.2, 0.25) is 0 Å². The Bertz CT molecular complexity index is 551. The molecule has 2 fully saturated rings. The standard InChI is InChI=1S/C17H23N3O/c1-12-8-9-17(19-14(12)11-18)20-10-4-6-15(20)13-5-2-3-7-16(13)21/h8-9,13,15-16,21H,2-7,10H2,1H3/t13-,15+,16+/m0/s1. The lowest BCUT2D eigenvalue weighted by Crippen LogP contribution is -2.43. The molecule has 0 amide bonds. The zero-order valence-corrected chi connectivity index (χ0v) is 12.6. The van der Waals surface area contributed by atoms with E-state index >= 15 is 0 Å². The van der Waals surface area contributed by atoms with Gasteiger partial charge in [-0.2, -0.15) is 5.26 Å². The fourth-order valence-corrected chi connectivity index (χ4v) is 3.90. The van der Waals surface area contributed by atoms with Crippen LogP contribution >= 0.6 is 0 Å². The highest BCUT2D eigenvalue weighted by molar-refractivity contribution is 5.46. The monoisotopic (exact) mass is 285 g/mol. The van der Waals surface area contributed by atoms with Crippen LogP contribution in [0.3, 0.4) is 0 Å². The van der Waals surface area contributed by atoms with E-state index in [9.17, 15) is 10.4 Å². The molecule has 3 atom stereocenters. The summed E-state index contributed by atoms with van der Waals surface area (Å²) in [6, 6.07) is 6.55. The molecule has 1 aliphatic heterocycles. The quantitative estimate of drug-likeness (QED) is 0.907. The minimum atomic E-state index is -0.176. The zero-order chi connectivity index (χ0) is 14.8. The molecule has 1 saturated carbocycles. The molecule has 0 aromatic carbocycles. The van der Waals surface area contributed by atoms with Gasteiger partial charge in [0.05, 0.1) is 6.10 Å². The summed E-state index contributed by atoms with van der Waals surface area (Å²) >= 11 is 0. The number of hydrogen-bond donors (Lipinski definition) is 1. The van der Waals surface area contributed by atoms with Gasteiger partial charge >= 0.3 is 0 Å². The van der Waals surface area contributed by atoms with Crippen molar-refractivity contribution in [3.8, 4) is 6.07 Å². The predicted molar refractivity (Wildman–Crippen MR) is 82.0 cm³/mol. The van der Waals surface area contributed by atoms with Gasteiger partial charge in [-0.3, -0.25) is 0 Å². The Kier molecular flexibility index (Phi) is 4.12. The van der Waals surface area contributed by atoms with Gasteiger partial charge in [-0.25, -0.2) is 4.98 Å². The summed E-state index contributed by atoms with van der Waals surface area (Å²) < 4.78 is 0. The molecule has 1 N–H and O–H groups in total. The maximum absolute atomic E-state index is 10.3. The highest BCUT2D eigenvalue weighted by Gasteiger charge is 2.37. The van der Waals surface area contributed by atoms with Crippen LogP contribution < -0.4 is 4.90 Å². The first-order valence-corrected chi connectivity index (χ1v) is 8.03. The van der Waals surface area contributed by atoms with Crippen LogP contribution in [0.15, 0.2) is 12.1 Å². The Labute approximate surface area is 126 Å². The van der Waals surface area contributed by atoms with E-state index in [0.29, 0.717) is 17.7 Å². The van der Waals surface area contributed by atoms with Crippen LogP contribution in [0.5, 0.6) is 0 Å². The summed E-state index contributed by atoms with van der Waals surface area (Å²) in [6.45, 7) is 2.90. The molecule has 1 saturated heterocycles. The Morgan fingerprint density at radius 2 is 2.05 bits per heavy atom. The smallest absolute Gasteiger partial charge is 0.145 e. The van der Waals surface area contributed by atoms with Crippen LogP contribution in [0, 0.1) is 24.2 Å². The summed E-state index contributed by atoms with van der Waals surface area (Å²) in [5.74, 6) is 1.26.